The lowest BCUT2D eigenvalue weighted by Crippen LogP contribution is -2.53. The van der Waals surface area contributed by atoms with E-state index in [4.69, 9.17) is 0 Å². The number of carbonyl (C=O) groups is 4. The molecule has 2 aliphatic rings. The van der Waals surface area contributed by atoms with Crippen molar-refractivity contribution in [3.8, 4) is 0 Å². The van der Waals surface area contributed by atoms with Crippen LogP contribution in [0.2, 0.25) is 0 Å². The van der Waals surface area contributed by atoms with Crippen molar-refractivity contribution < 1.29 is 23.6 Å². The minimum Gasteiger partial charge on any atom is -0.295 e. The van der Waals surface area contributed by atoms with Crippen LogP contribution in [0.4, 0.5) is 4.39 Å². The number of alkyl halides is 1. The van der Waals surface area contributed by atoms with Crippen LogP contribution in [0.25, 0.3) is 0 Å². The fourth-order valence-electron chi connectivity index (χ4n) is 3.87. The van der Waals surface area contributed by atoms with Crippen molar-refractivity contribution in [3.63, 3.8) is 0 Å². The first kappa shape index (κ1) is 21.4. The van der Waals surface area contributed by atoms with E-state index in [0.29, 0.717) is 49.3 Å². The van der Waals surface area contributed by atoms with Crippen LogP contribution in [0.15, 0.2) is 18.2 Å². The summed E-state index contributed by atoms with van der Waals surface area (Å²) in [6.07, 6.45) is 1.13. The molecule has 1 aromatic rings. The van der Waals surface area contributed by atoms with Crippen LogP contribution in [0, 0.1) is 6.92 Å². The number of benzene rings is 1. The lowest BCUT2D eigenvalue weighted by Gasteiger charge is -2.36. The molecule has 0 radical (unpaired) electrons. The number of piperidine rings is 2. The maximum atomic E-state index is 15.4. The number of amides is 4. The molecule has 4 amide bonds. The molecule has 0 saturated carbocycles. The second-order valence-corrected chi connectivity index (χ2v) is 7.82. The summed E-state index contributed by atoms with van der Waals surface area (Å²) >= 11 is 4.23. The molecule has 1 atom stereocenters. The quantitative estimate of drug-likeness (QED) is 0.428. The average molecular weight is 421 g/mol. The molecule has 2 fully saturated rings. The van der Waals surface area contributed by atoms with E-state index in [0.717, 1.165) is 4.90 Å². The van der Waals surface area contributed by atoms with Crippen LogP contribution in [-0.4, -0.2) is 58.9 Å². The normalized spacial score (nSPS) is 22.1. The molecule has 2 saturated heterocycles. The van der Waals surface area contributed by atoms with Gasteiger partial charge in [-0.15, -0.1) is 0 Å². The van der Waals surface area contributed by atoms with E-state index in [-0.39, 0.29) is 18.4 Å². The minimum absolute atomic E-state index is 0.0552. The molecule has 1 unspecified atom stereocenters. The molecule has 3 rings (SSSR count). The second kappa shape index (κ2) is 8.62. The highest BCUT2D eigenvalue weighted by Crippen LogP contribution is 2.38. The second-order valence-electron chi connectivity index (χ2n) is 7.54. The predicted octanol–water partition coefficient (Wildman–Crippen LogP) is 1.55. The highest BCUT2D eigenvalue weighted by molar-refractivity contribution is 7.80. The van der Waals surface area contributed by atoms with Gasteiger partial charge in [-0.1, -0.05) is 12.1 Å². The van der Waals surface area contributed by atoms with Crippen molar-refractivity contribution in [1.29, 1.82) is 0 Å². The topological polar surface area (TPSA) is 86.8 Å². The van der Waals surface area contributed by atoms with Crippen molar-refractivity contribution >= 4 is 36.8 Å². The lowest BCUT2D eigenvalue weighted by molar-refractivity contribution is -0.139. The number of hydrogen-bond donors (Lipinski definition) is 2. The third-order valence-electron chi connectivity index (χ3n) is 5.72. The van der Waals surface area contributed by atoms with Gasteiger partial charge >= 0.3 is 0 Å². The van der Waals surface area contributed by atoms with Crippen LogP contribution >= 0.6 is 12.6 Å². The van der Waals surface area contributed by atoms with Crippen LogP contribution in [0.3, 0.4) is 0 Å². The molecular formula is C20H24FN3O4S. The molecule has 29 heavy (non-hydrogen) atoms. The summed E-state index contributed by atoms with van der Waals surface area (Å²) in [6, 6.07) is 3.68. The number of hydrogen-bond acceptors (Lipinski definition) is 6. The molecule has 9 heteroatoms. The van der Waals surface area contributed by atoms with Gasteiger partial charge in [0.2, 0.25) is 18.2 Å². The molecule has 1 N–H and O–H groups in total. The molecule has 0 bridgehead atoms. The minimum atomic E-state index is -1.47. The van der Waals surface area contributed by atoms with Crippen molar-refractivity contribution in [2.75, 3.05) is 19.0 Å². The summed E-state index contributed by atoms with van der Waals surface area (Å²) in [6.45, 7) is 2.89. The van der Waals surface area contributed by atoms with E-state index < -0.39 is 29.4 Å². The Kier molecular flexibility index (Phi) is 6.38. The van der Waals surface area contributed by atoms with Gasteiger partial charge in [-0.2, -0.15) is 12.6 Å². The van der Waals surface area contributed by atoms with Gasteiger partial charge < -0.3 is 0 Å². The van der Waals surface area contributed by atoms with Crippen molar-refractivity contribution in [2.45, 2.75) is 44.3 Å². The predicted molar refractivity (Wildman–Crippen MR) is 107 cm³/mol. The smallest absolute Gasteiger partial charge is 0.261 e. The van der Waals surface area contributed by atoms with Gasteiger partial charge in [0.15, 0.2) is 0 Å². The van der Waals surface area contributed by atoms with E-state index in [9.17, 15) is 19.2 Å². The molecule has 2 heterocycles. The number of nitrogens with zero attached hydrogens (tertiary/aromatic N) is 2. The number of halogens is 1. The van der Waals surface area contributed by atoms with E-state index >= 15 is 4.39 Å². The summed E-state index contributed by atoms with van der Waals surface area (Å²) in [4.78, 5) is 50.7. The number of thiol groups is 1. The largest absolute Gasteiger partial charge is 0.295 e. The number of rotatable bonds is 5. The van der Waals surface area contributed by atoms with Crippen LogP contribution in [0.5, 0.6) is 0 Å². The van der Waals surface area contributed by atoms with Gasteiger partial charge in [-0.25, -0.2) is 4.39 Å². The molecule has 156 valence electrons. The first-order valence-corrected chi connectivity index (χ1v) is 10.2. The van der Waals surface area contributed by atoms with Gasteiger partial charge in [-0.05, 0) is 43.4 Å². The van der Waals surface area contributed by atoms with E-state index in [2.05, 4.69) is 22.8 Å². The van der Waals surface area contributed by atoms with Crippen molar-refractivity contribution in [1.82, 2.24) is 15.1 Å². The Labute approximate surface area is 174 Å². The molecule has 2 aliphatic heterocycles. The molecule has 7 nitrogen and oxygen atoms in total. The summed E-state index contributed by atoms with van der Waals surface area (Å²) in [5, 5.41) is 2.14. The summed E-state index contributed by atoms with van der Waals surface area (Å²) in [5.74, 6) is -1.15. The monoisotopic (exact) mass is 421 g/mol. The first-order valence-electron chi connectivity index (χ1n) is 9.54. The molecule has 0 aliphatic carbocycles. The zero-order chi connectivity index (χ0) is 21.2. The number of nitrogens with one attached hydrogen (secondary N) is 1. The molecule has 0 aromatic heterocycles. The first-order chi connectivity index (χ1) is 13.8. The third kappa shape index (κ3) is 4.35. The van der Waals surface area contributed by atoms with Crippen LogP contribution in [-0.2, 0) is 20.1 Å². The Morgan fingerprint density at radius 2 is 2.07 bits per heavy atom. The van der Waals surface area contributed by atoms with Gasteiger partial charge in [0.05, 0.1) is 0 Å². The van der Waals surface area contributed by atoms with Crippen molar-refractivity contribution in [3.05, 3.63) is 34.9 Å². The van der Waals surface area contributed by atoms with Crippen LogP contribution in [0.1, 0.15) is 47.2 Å². The van der Waals surface area contributed by atoms with Gasteiger partial charge in [0, 0.05) is 31.0 Å². The average Bonchev–Trinajstić information content (AvgIpc) is 2.70. The highest BCUT2D eigenvalue weighted by Gasteiger charge is 2.38. The maximum absolute atomic E-state index is 15.4. The third-order valence-corrected chi connectivity index (χ3v) is 6.12. The Hall–Kier alpha value is -2.26. The zero-order valence-corrected chi connectivity index (χ0v) is 17.1. The molecular weight excluding hydrogens is 397 g/mol. The SMILES string of the molecule is Cc1cc(C2(F)CCN(CS)CC2)ccc1C(=O)N(C=O)C1CCC(=O)NC1=O. The maximum Gasteiger partial charge on any atom is 0.261 e. The Morgan fingerprint density at radius 1 is 1.38 bits per heavy atom. The standard InChI is InChI=1S/C20H24FN3O4S/c1-13-10-14(20(21)6-8-23(12-29)9-7-20)2-3-15(13)19(28)24(11-25)16-4-5-17(26)22-18(16)27/h2-3,10-11,16,29H,4-9,12H2,1H3,(H,22,26,27). The van der Waals surface area contributed by atoms with Gasteiger partial charge in [-0.3, -0.25) is 34.3 Å². The Morgan fingerprint density at radius 3 is 2.62 bits per heavy atom. The van der Waals surface area contributed by atoms with Crippen LogP contribution < -0.4 is 5.32 Å². The van der Waals surface area contributed by atoms with E-state index in [1.165, 1.54) is 6.07 Å². The Balaban J connectivity index is 1.80. The fourth-order valence-corrected chi connectivity index (χ4v) is 4.15. The lowest BCUT2D eigenvalue weighted by atomic mass is 9.85. The zero-order valence-electron chi connectivity index (χ0n) is 16.2. The fraction of sp³-hybridized carbons (Fsp3) is 0.500. The Bertz CT molecular complexity index is 839. The summed E-state index contributed by atoms with van der Waals surface area (Å²) in [5.41, 5.74) is -0.217. The van der Waals surface area contributed by atoms with Gasteiger partial charge in [0.1, 0.15) is 11.7 Å². The summed E-state index contributed by atoms with van der Waals surface area (Å²) in [7, 11) is 0. The number of imide groups is 2. The number of carbonyl (C=O) groups excluding carboxylic acids is 4. The van der Waals surface area contributed by atoms with Gasteiger partial charge in [0.25, 0.3) is 5.91 Å². The highest BCUT2D eigenvalue weighted by atomic mass is 32.1. The molecule has 0 spiro atoms. The number of aryl methyl sites for hydroxylation is 1. The van der Waals surface area contributed by atoms with E-state index in [1.807, 2.05) is 0 Å². The van der Waals surface area contributed by atoms with E-state index in [1.54, 1.807) is 19.1 Å². The van der Waals surface area contributed by atoms with Crippen molar-refractivity contribution in [2.24, 2.45) is 0 Å². The summed E-state index contributed by atoms with van der Waals surface area (Å²) < 4.78 is 15.4. The number of likely N-dealkylation sites (tertiary alicyclic amines) is 1. The molecule has 1 aromatic carbocycles.